The molecule has 1 heterocycles. The third-order valence-corrected chi connectivity index (χ3v) is 3.73. The summed E-state index contributed by atoms with van der Waals surface area (Å²) in [5, 5.41) is 14.6. The Morgan fingerprint density at radius 2 is 2.00 bits per heavy atom. The Morgan fingerprint density at radius 1 is 1.20 bits per heavy atom. The lowest BCUT2D eigenvalue weighted by Gasteiger charge is -2.10. The number of aromatic nitrogens is 1. The second-order valence-corrected chi connectivity index (χ2v) is 5.01. The van der Waals surface area contributed by atoms with Gasteiger partial charge in [0.15, 0.2) is 0 Å². The van der Waals surface area contributed by atoms with Crippen LogP contribution >= 0.6 is 0 Å². The summed E-state index contributed by atoms with van der Waals surface area (Å²) in [6.07, 6.45) is 0.732. The quantitative estimate of drug-likeness (QED) is 0.504. The number of nitrogens with zero attached hydrogens (tertiary/aromatic N) is 1. The summed E-state index contributed by atoms with van der Waals surface area (Å²) in [6, 6.07) is 12.2. The van der Waals surface area contributed by atoms with Crippen molar-refractivity contribution in [3.8, 4) is 0 Å². The number of anilines is 2. The molecule has 0 radical (unpaired) electrons. The molecule has 104 valence electrons. The molecule has 0 amide bonds. The van der Waals surface area contributed by atoms with E-state index >= 15 is 0 Å². The molecule has 0 spiro atoms. The Bertz CT molecular complexity index is 761. The predicted octanol–water partition coefficient (Wildman–Crippen LogP) is 2.71. The topological polar surface area (TPSA) is 63.2 Å². The number of rotatable bonds is 4. The monoisotopic (exact) mass is 269 g/mol. The highest BCUT2D eigenvalue weighted by atomic mass is 16.3. The number of fused-ring (bicyclic) bond motifs is 3. The Labute approximate surface area is 117 Å². The van der Waals surface area contributed by atoms with E-state index in [0.29, 0.717) is 0 Å². The summed E-state index contributed by atoms with van der Waals surface area (Å²) in [4.78, 5) is 0. The third kappa shape index (κ3) is 1.89. The average molecular weight is 269 g/mol. The molecule has 0 aliphatic heterocycles. The molecular weight excluding hydrogens is 250 g/mol. The number of aryl methyl sites for hydroxylation is 1. The minimum atomic E-state index is 0.195. The van der Waals surface area contributed by atoms with Crippen LogP contribution in [0.2, 0.25) is 0 Å². The van der Waals surface area contributed by atoms with E-state index in [1.165, 1.54) is 10.9 Å². The van der Waals surface area contributed by atoms with Gasteiger partial charge in [-0.1, -0.05) is 18.2 Å². The highest BCUT2D eigenvalue weighted by Gasteiger charge is 2.13. The van der Waals surface area contributed by atoms with Crippen molar-refractivity contribution >= 4 is 33.2 Å². The number of hydrogen-bond acceptors (Lipinski definition) is 3. The predicted molar refractivity (Wildman–Crippen MR) is 85.0 cm³/mol. The van der Waals surface area contributed by atoms with E-state index in [0.717, 1.165) is 35.2 Å². The summed E-state index contributed by atoms with van der Waals surface area (Å²) < 4.78 is 2.17. The van der Waals surface area contributed by atoms with E-state index in [-0.39, 0.29) is 6.61 Å². The Kier molecular flexibility index (Phi) is 3.24. The molecular formula is C16H19N3O. The van der Waals surface area contributed by atoms with Gasteiger partial charge < -0.3 is 20.7 Å². The molecule has 0 saturated carbocycles. The van der Waals surface area contributed by atoms with Gasteiger partial charge >= 0.3 is 0 Å². The number of nitrogens with two attached hydrogens (primary N) is 1. The van der Waals surface area contributed by atoms with Gasteiger partial charge in [0.25, 0.3) is 0 Å². The van der Waals surface area contributed by atoms with Gasteiger partial charge in [0.1, 0.15) is 0 Å². The van der Waals surface area contributed by atoms with Crippen molar-refractivity contribution in [2.24, 2.45) is 7.05 Å². The minimum Gasteiger partial charge on any atom is -0.398 e. The lowest BCUT2D eigenvalue weighted by molar-refractivity contribution is 0.292. The lowest BCUT2D eigenvalue weighted by Crippen LogP contribution is -2.05. The molecule has 0 fully saturated rings. The molecule has 0 aliphatic rings. The maximum atomic E-state index is 8.91. The zero-order chi connectivity index (χ0) is 14.1. The highest BCUT2D eigenvalue weighted by Crippen LogP contribution is 2.36. The van der Waals surface area contributed by atoms with Crippen molar-refractivity contribution < 1.29 is 5.11 Å². The molecule has 20 heavy (non-hydrogen) atoms. The van der Waals surface area contributed by atoms with Crippen molar-refractivity contribution in [3.63, 3.8) is 0 Å². The number of para-hydroxylation sites is 1. The van der Waals surface area contributed by atoms with Gasteiger partial charge in [0.05, 0.1) is 11.2 Å². The number of aliphatic hydroxyl groups is 1. The maximum absolute atomic E-state index is 8.91. The number of nitrogen functional groups attached to an aromatic ring is 1. The maximum Gasteiger partial charge on any atom is 0.0745 e. The normalized spacial score (nSPS) is 11.3. The lowest BCUT2D eigenvalue weighted by atomic mass is 10.1. The molecule has 4 heteroatoms. The van der Waals surface area contributed by atoms with Gasteiger partial charge in [0.2, 0.25) is 0 Å². The van der Waals surface area contributed by atoms with E-state index in [4.69, 9.17) is 10.8 Å². The molecule has 0 bridgehead atoms. The van der Waals surface area contributed by atoms with Crippen molar-refractivity contribution in [1.29, 1.82) is 0 Å². The number of nitrogens with one attached hydrogen (secondary N) is 1. The highest BCUT2D eigenvalue weighted by molar-refractivity contribution is 6.17. The van der Waals surface area contributed by atoms with E-state index in [1.807, 2.05) is 24.3 Å². The van der Waals surface area contributed by atoms with Crippen LogP contribution in [0, 0.1) is 0 Å². The fourth-order valence-electron chi connectivity index (χ4n) is 2.78. The van der Waals surface area contributed by atoms with E-state index in [2.05, 4.69) is 29.1 Å². The van der Waals surface area contributed by atoms with Crippen molar-refractivity contribution in [3.05, 3.63) is 36.4 Å². The van der Waals surface area contributed by atoms with E-state index < -0.39 is 0 Å². The van der Waals surface area contributed by atoms with Crippen LogP contribution < -0.4 is 11.1 Å². The molecule has 3 rings (SSSR count). The van der Waals surface area contributed by atoms with Gasteiger partial charge in [-0.25, -0.2) is 0 Å². The largest absolute Gasteiger partial charge is 0.398 e. The van der Waals surface area contributed by atoms with Crippen LogP contribution in [0.15, 0.2) is 36.4 Å². The molecule has 4 nitrogen and oxygen atoms in total. The standard InChI is InChI=1S/C16H19N3O/c1-19-14-6-3-2-5-11(14)15-12(17)7-8-13(16(15)19)18-9-4-10-20/h2-3,5-8,18,20H,4,9-10,17H2,1H3. The summed E-state index contributed by atoms with van der Waals surface area (Å²) in [6.45, 7) is 0.942. The second kappa shape index (κ2) is 5.06. The summed E-state index contributed by atoms with van der Waals surface area (Å²) in [5.41, 5.74) is 10.3. The Hall–Kier alpha value is -2.20. The first-order chi connectivity index (χ1) is 9.74. The van der Waals surface area contributed by atoms with Gasteiger partial charge in [-0.2, -0.15) is 0 Å². The van der Waals surface area contributed by atoms with Crippen LogP contribution in [0.1, 0.15) is 6.42 Å². The van der Waals surface area contributed by atoms with E-state index in [9.17, 15) is 0 Å². The first-order valence-corrected chi connectivity index (χ1v) is 6.84. The van der Waals surface area contributed by atoms with Crippen LogP contribution in [0.25, 0.3) is 21.8 Å². The number of hydrogen-bond donors (Lipinski definition) is 3. The van der Waals surface area contributed by atoms with Gasteiger partial charge in [-0.15, -0.1) is 0 Å². The molecule has 1 aromatic heterocycles. The molecule has 0 atom stereocenters. The van der Waals surface area contributed by atoms with Gasteiger partial charge in [0, 0.05) is 42.2 Å². The molecule has 0 aliphatic carbocycles. The van der Waals surface area contributed by atoms with Crippen molar-refractivity contribution in [2.75, 3.05) is 24.2 Å². The fourth-order valence-corrected chi connectivity index (χ4v) is 2.78. The number of aliphatic hydroxyl groups excluding tert-OH is 1. The van der Waals surface area contributed by atoms with Crippen LogP contribution in [-0.2, 0) is 7.05 Å². The zero-order valence-corrected chi connectivity index (χ0v) is 11.6. The smallest absolute Gasteiger partial charge is 0.0745 e. The molecule has 0 saturated heterocycles. The average Bonchev–Trinajstić information content (AvgIpc) is 2.77. The van der Waals surface area contributed by atoms with Crippen LogP contribution in [0.4, 0.5) is 11.4 Å². The minimum absolute atomic E-state index is 0.195. The number of benzene rings is 2. The SMILES string of the molecule is Cn1c2ccccc2c2c(N)ccc(NCCCO)c21. The summed E-state index contributed by atoms with van der Waals surface area (Å²) in [5.74, 6) is 0. The molecule has 3 aromatic rings. The van der Waals surface area contributed by atoms with Crippen LogP contribution in [0.3, 0.4) is 0 Å². The van der Waals surface area contributed by atoms with Gasteiger partial charge in [-0.3, -0.25) is 0 Å². The Balaban J connectivity index is 2.25. The van der Waals surface area contributed by atoms with Crippen LogP contribution in [0.5, 0.6) is 0 Å². The fraction of sp³-hybridized carbons (Fsp3) is 0.250. The first kappa shape index (κ1) is 12.8. The van der Waals surface area contributed by atoms with Crippen LogP contribution in [-0.4, -0.2) is 22.8 Å². The van der Waals surface area contributed by atoms with Gasteiger partial charge in [-0.05, 0) is 24.6 Å². The molecule has 4 N–H and O–H groups in total. The molecule has 2 aromatic carbocycles. The Morgan fingerprint density at radius 3 is 2.80 bits per heavy atom. The third-order valence-electron chi connectivity index (χ3n) is 3.73. The summed E-state index contributed by atoms with van der Waals surface area (Å²) >= 11 is 0. The second-order valence-electron chi connectivity index (χ2n) is 5.01. The van der Waals surface area contributed by atoms with Crippen molar-refractivity contribution in [2.45, 2.75) is 6.42 Å². The summed E-state index contributed by atoms with van der Waals surface area (Å²) in [7, 11) is 2.06. The van der Waals surface area contributed by atoms with E-state index in [1.54, 1.807) is 0 Å². The zero-order valence-electron chi connectivity index (χ0n) is 11.6. The van der Waals surface area contributed by atoms with Crippen molar-refractivity contribution in [1.82, 2.24) is 4.57 Å². The molecule has 0 unspecified atom stereocenters. The first-order valence-electron chi connectivity index (χ1n) is 6.84.